The Balaban J connectivity index is 1.85. The summed E-state index contributed by atoms with van der Waals surface area (Å²) in [6.45, 7) is 2.81. The standard InChI is InChI=1S/C12H17FN4O/c1-9-4-2-3-7-17(9)12(18)16-15-11-6-5-10(13)8-14-11/h5-6,8-9H,2-4,7H2,1H3,(H,14,15)(H,16,18). The molecule has 2 heterocycles. The van der Waals surface area contributed by atoms with E-state index in [-0.39, 0.29) is 12.1 Å². The van der Waals surface area contributed by atoms with Gasteiger partial charge in [-0.25, -0.2) is 14.2 Å². The SMILES string of the molecule is CC1CCCCN1C(=O)NNc1ccc(F)cn1. The zero-order chi connectivity index (χ0) is 13.0. The zero-order valence-corrected chi connectivity index (χ0v) is 10.3. The third-order valence-corrected chi connectivity index (χ3v) is 3.09. The van der Waals surface area contributed by atoms with E-state index < -0.39 is 5.82 Å². The van der Waals surface area contributed by atoms with E-state index in [4.69, 9.17) is 0 Å². The Morgan fingerprint density at radius 2 is 2.33 bits per heavy atom. The number of urea groups is 1. The third kappa shape index (κ3) is 3.09. The molecule has 98 valence electrons. The molecule has 0 saturated carbocycles. The summed E-state index contributed by atoms with van der Waals surface area (Å²) in [5.74, 6) is 0.00550. The van der Waals surface area contributed by atoms with Gasteiger partial charge in [-0.1, -0.05) is 0 Å². The summed E-state index contributed by atoms with van der Waals surface area (Å²) < 4.78 is 12.6. The largest absolute Gasteiger partial charge is 0.336 e. The van der Waals surface area contributed by atoms with Gasteiger partial charge in [-0.3, -0.25) is 10.9 Å². The summed E-state index contributed by atoms with van der Waals surface area (Å²) in [6.07, 6.45) is 4.32. The van der Waals surface area contributed by atoms with Crippen molar-refractivity contribution in [1.82, 2.24) is 15.3 Å². The van der Waals surface area contributed by atoms with E-state index in [9.17, 15) is 9.18 Å². The first-order chi connectivity index (χ1) is 8.66. The van der Waals surface area contributed by atoms with Crippen LogP contribution in [0.25, 0.3) is 0 Å². The van der Waals surface area contributed by atoms with Crippen LogP contribution in [-0.4, -0.2) is 28.5 Å². The summed E-state index contributed by atoms with van der Waals surface area (Å²) >= 11 is 0. The smallest absolute Gasteiger partial charge is 0.321 e. The lowest BCUT2D eigenvalue weighted by atomic mass is 10.0. The number of nitrogens with zero attached hydrogens (tertiary/aromatic N) is 2. The fourth-order valence-electron chi connectivity index (χ4n) is 2.04. The second kappa shape index (κ2) is 5.66. The number of hydrogen-bond acceptors (Lipinski definition) is 3. The fourth-order valence-corrected chi connectivity index (χ4v) is 2.04. The normalized spacial score (nSPS) is 19.4. The van der Waals surface area contributed by atoms with Gasteiger partial charge in [0.25, 0.3) is 0 Å². The lowest BCUT2D eigenvalue weighted by Crippen LogP contribution is -2.49. The van der Waals surface area contributed by atoms with Crippen LogP contribution in [0, 0.1) is 5.82 Å². The van der Waals surface area contributed by atoms with Gasteiger partial charge in [0.2, 0.25) is 0 Å². The number of anilines is 1. The molecular formula is C12H17FN4O. The topological polar surface area (TPSA) is 57.3 Å². The van der Waals surface area contributed by atoms with Gasteiger partial charge in [0, 0.05) is 12.6 Å². The van der Waals surface area contributed by atoms with Gasteiger partial charge in [0.1, 0.15) is 11.6 Å². The minimum atomic E-state index is -0.406. The van der Waals surface area contributed by atoms with E-state index in [1.54, 1.807) is 4.90 Å². The van der Waals surface area contributed by atoms with E-state index >= 15 is 0 Å². The molecule has 1 unspecified atom stereocenters. The molecule has 1 aromatic rings. The number of nitrogens with one attached hydrogen (secondary N) is 2. The molecule has 18 heavy (non-hydrogen) atoms. The van der Waals surface area contributed by atoms with Crippen molar-refractivity contribution < 1.29 is 9.18 Å². The first kappa shape index (κ1) is 12.6. The molecule has 1 atom stereocenters. The van der Waals surface area contributed by atoms with Crippen LogP contribution in [0.1, 0.15) is 26.2 Å². The van der Waals surface area contributed by atoms with Crippen molar-refractivity contribution >= 4 is 11.8 Å². The Bertz CT molecular complexity index is 409. The third-order valence-electron chi connectivity index (χ3n) is 3.09. The molecule has 2 amide bonds. The highest BCUT2D eigenvalue weighted by atomic mass is 19.1. The molecule has 0 bridgehead atoms. The Kier molecular flexibility index (Phi) is 3.96. The highest BCUT2D eigenvalue weighted by molar-refractivity contribution is 5.75. The van der Waals surface area contributed by atoms with Gasteiger partial charge in [-0.05, 0) is 38.3 Å². The molecule has 1 aliphatic rings. The number of likely N-dealkylation sites (tertiary alicyclic amines) is 1. The van der Waals surface area contributed by atoms with Gasteiger partial charge >= 0.3 is 6.03 Å². The molecule has 0 aromatic carbocycles. The van der Waals surface area contributed by atoms with Crippen molar-refractivity contribution in [3.8, 4) is 0 Å². The lowest BCUT2D eigenvalue weighted by Gasteiger charge is -2.33. The van der Waals surface area contributed by atoms with Gasteiger partial charge in [-0.15, -0.1) is 0 Å². The van der Waals surface area contributed by atoms with Gasteiger partial charge in [0.15, 0.2) is 0 Å². The van der Waals surface area contributed by atoms with Crippen molar-refractivity contribution in [1.29, 1.82) is 0 Å². The molecule has 1 aromatic heterocycles. The molecule has 2 N–H and O–H groups in total. The number of carbonyl (C=O) groups is 1. The Morgan fingerprint density at radius 1 is 1.50 bits per heavy atom. The maximum atomic E-state index is 12.6. The van der Waals surface area contributed by atoms with Crippen LogP contribution in [0.15, 0.2) is 18.3 Å². The predicted molar refractivity (Wildman–Crippen MR) is 66.4 cm³/mol. The number of halogens is 1. The monoisotopic (exact) mass is 252 g/mol. The molecule has 0 aliphatic carbocycles. The number of carbonyl (C=O) groups excluding carboxylic acids is 1. The second-order valence-electron chi connectivity index (χ2n) is 4.46. The average Bonchev–Trinajstić information content (AvgIpc) is 2.38. The number of rotatable bonds is 2. The van der Waals surface area contributed by atoms with Crippen LogP contribution in [-0.2, 0) is 0 Å². The van der Waals surface area contributed by atoms with Crippen LogP contribution in [0.2, 0.25) is 0 Å². The molecule has 2 rings (SSSR count). The second-order valence-corrected chi connectivity index (χ2v) is 4.46. The molecule has 0 spiro atoms. The number of hydrogen-bond donors (Lipinski definition) is 2. The Morgan fingerprint density at radius 3 is 3.00 bits per heavy atom. The number of hydrazine groups is 1. The minimum absolute atomic E-state index is 0.173. The maximum absolute atomic E-state index is 12.6. The number of piperidine rings is 1. The van der Waals surface area contributed by atoms with Crippen molar-refractivity contribution in [3.63, 3.8) is 0 Å². The molecule has 0 radical (unpaired) electrons. The van der Waals surface area contributed by atoms with Crippen LogP contribution in [0.3, 0.4) is 0 Å². The van der Waals surface area contributed by atoms with Crippen molar-refractivity contribution in [2.45, 2.75) is 32.2 Å². The van der Waals surface area contributed by atoms with E-state index in [1.807, 2.05) is 6.92 Å². The first-order valence-electron chi connectivity index (χ1n) is 6.11. The molecule has 1 saturated heterocycles. The molecule has 5 nitrogen and oxygen atoms in total. The number of amides is 2. The predicted octanol–water partition coefficient (Wildman–Crippen LogP) is 2.13. The van der Waals surface area contributed by atoms with Crippen LogP contribution < -0.4 is 10.9 Å². The minimum Gasteiger partial charge on any atom is -0.321 e. The van der Waals surface area contributed by atoms with Crippen LogP contribution >= 0.6 is 0 Å². The van der Waals surface area contributed by atoms with Crippen molar-refractivity contribution in [2.75, 3.05) is 12.0 Å². The lowest BCUT2D eigenvalue weighted by molar-refractivity contribution is 0.160. The summed E-state index contributed by atoms with van der Waals surface area (Å²) in [4.78, 5) is 17.5. The van der Waals surface area contributed by atoms with Crippen LogP contribution in [0.4, 0.5) is 15.0 Å². The van der Waals surface area contributed by atoms with Crippen molar-refractivity contribution in [3.05, 3.63) is 24.1 Å². The molecule has 6 heteroatoms. The fraction of sp³-hybridized carbons (Fsp3) is 0.500. The summed E-state index contributed by atoms with van der Waals surface area (Å²) in [5, 5.41) is 0. The van der Waals surface area contributed by atoms with Crippen molar-refractivity contribution in [2.24, 2.45) is 0 Å². The Labute approximate surface area is 105 Å². The van der Waals surface area contributed by atoms with Gasteiger partial charge < -0.3 is 4.90 Å². The van der Waals surface area contributed by atoms with E-state index in [2.05, 4.69) is 15.8 Å². The van der Waals surface area contributed by atoms with E-state index in [1.165, 1.54) is 12.1 Å². The number of aromatic nitrogens is 1. The van der Waals surface area contributed by atoms with E-state index in [0.717, 1.165) is 32.0 Å². The highest BCUT2D eigenvalue weighted by Crippen LogP contribution is 2.16. The molecular weight excluding hydrogens is 235 g/mol. The van der Waals surface area contributed by atoms with Crippen LogP contribution in [0.5, 0.6) is 0 Å². The average molecular weight is 252 g/mol. The summed E-state index contributed by atoms with van der Waals surface area (Å²) in [6, 6.07) is 2.83. The summed E-state index contributed by atoms with van der Waals surface area (Å²) in [5.41, 5.74) is 5.24. The summed E-state index contributed by atoms with van der Waals surface area (Å²) in [7, 11) is 0. The van der Waals surface area contributed by atoms with E-state index in [0.29, 0.717) is 5.82 Å². The number of pyridine rings is 1. The Hall–Kier alpha value is -1.85. The quantitative estimate of drug-likeness (QED) is 0.793. The highest BCUT2D eigenvalue weighted by Gasteiger charge is 2.22. The maximum Gasteiger partial charge on any atom is 0.336 e. The van der Waals surface area contributed by atoms with Gasteiger partial charge in [-0.2, -0.15) is 0 Å². The first-order valence-corrected chi connectivity index (χ1v) is 6.11. The van der Waals surface area contributed by atoms with Gasteiger partial charge in [0.05, 0.1) is 6.20 Å². The zero-order valence-electron chi connectivity index (χ0n) is 10.3. The molecule has 1 aliphatic heterocycles. The molecule has 1 fully saturated rings.